The molecule has 0 bridgehead atoms. The van der Waals surface area contributed by atoms with Crippen LogP contribution in [-0.2, 0) is 21.5 Å². The number of benzene rings is 1. The van der Waals surface area contributed by atoms with E-state index in [1.165, 1.54) is 0 Å². The molecule has 0 saturated carbocycles. The quantitative estimate of drug-likeness (QED) is 0.496. The van der Waals surface area contributed by atoms with Gasteiger partial charge in [0.2, 0.25) is 5.91 Å². The van der Waals surface area contributed by atoms with Gasteiger partial charge < -0.3 is 16.0 Å². The van der Waals surface area contributed by atoms with E-state index in [1.54, 1.807) is 0 Å². The van der Waals surface area contributed by atoms with Crippen molar-refractivity contribution in [3.8, 4) is 0 Å². The summed E-state index contributed by atoms with van der Waals surface area (Å²) in [5, 5.41) is 8.73. The molecule has 1 aromatic carbocycles. The Labute approximate surface area is 147 Å². The summed E-state index contributed by atoms with van der Waals surface area (Å²) in [6.45, 7) is 3.85. The molecule has 4 amide bonds. The van der Waals surface area contributed by atoms with E-state index in [2.05, 4.69) is 22.9 Å². The maximum absolute atomic E-state index is 12.9. The summed E-state index contributed by atoms with van der Waals surface area (Å²) in [6.07, 6.45) is 2.31. The van der Waals surface area contributed by atoms with Gasteiger partial charge in [-0.3, -0.25) is 14.5 Å². The minimum Gasteiger partial charge on any atom is -0.353 e. The third kappa shape index (κ3) is 3.24. The number of hydrogen-bond donors (Lipinski definition) is 3. The average molecular weight is 344 g/mol. The number of amides is 4. The first-order chi connectivity index (χ1) is 12.1. The number of imide groups is 1. The smallest absolute Gasteiger partial charge is 0.325 e. The first-order valence-corrected chi connectivity index (χ1v) is 8.78. The minimum absolute atomic E-state index is 0.248. The number of urea groups is 1. The number of nitrogens with one attached hydrogen (secondary N) is 3. The van der Waals surface area contributed by atoms with Gasteiger partial charge in [-0.15, -0.1) is 0 Å². The third-order valence-electron chi connectivity index (χ3n) is 4.77. The van der Waals surface area contributed by atoms with E-state index in [-0.39, 0.29) is 18.4 Å². The van der Waals surface area contributed by atoms with Gasteiger partial charge in [0, 0.05) is 13.1 Å². The number of rotatable bonds is 7. The summed E-state index contributed by atoms with van der Waals surface area (Å²) in [5.41, 5.74) is 0.917. The number of nitrogens with zero attached hydrogens (tertiary/aromatic N) is 1. The van der Waals surface area contributed by atoms with Crippen LogP contribution >= 0.6 is 0 Å². The SMILES string of the molecule is CCCNCCNC(=O)CN1C(=O)NC2(CCc3ccccc32)C1=O. The monoisotopic (exact) mass is 344 g/mol. The van der Waals surface area contributed by atoms with Crippen LogP contribution in [0.3, 0.4) is 0 Å². The number of carbonyl (C=O) groups is 3. The van der Waals surface area contributed by atoms with Crippen LogP contribution in [0.1, 0.15) is 30.9 Å². The van der Waals surface area contributed by atoms with E-state index < -0.39 is 11.6 Å². The molecule has 1 saturated heterocycles. The summed E-state index contributed by atoms with van der Waals surface area (Å²) in [7, 11) is 0. The fourth-order valence-corrected chi connectivity index (χ4v) is 3.52. The first kappa shape index (κ1) is 17.4. The largest absolute Gasteiger partial charge is 0.353 e. The molecular formula is C18H24N4O3. The van der Waals surface area contributed by atoms with Crippen LogP contribution in [0.25, 0.3) is 0 Å². The van der Waals surface area contributed by atoms with Crippen molar-refractivity contribution in [3.05, 3.63) is 35.4 Å². The van der Waals surface area contributed by atoms with Crippen molar-refractivity contribution in [1.29, 1.82) is 0 Å². The Morgan fingerprint density at radius 3 is 2.84 bits per heavy atom. The standard InChI is InChI=1S/C18H24N4O3/c1-2-9-19-10-11-20-15(23)12-22-16(24)18(21-17(22)25)8-7-13-5-3-4-6-14(13)18/h3-6,19H,2,7-12H2,1H3,(H,20,23)(H,21,25). The minimum atomic E-state index is -1.00. The highest BCUT2D eigenvalue weighted by molar-refractivity contribution is 6.09. The molecular weight excluding hydrogens is 320 g/mol. The lowest BCUT2D eigenvalue weighted by molar-refractivity contribution is -0.135. The molecule has 1 aliphatic heterocycles. The predicted molar refractivity (Wildman–Crippen MR) is 92.9 cm³/mol. The fraction of sp³-hybridized carbons (Fsp3) is 0.500. The highest BCUT2D eigenvalue weighted by Gasteiger charge is 2.55. The van der Waals surface area contributed by atoms with Crippen molar-refractivity contribution >= 4 is 17.8 Å². The van der Waals surface area contributed by atoms with Gasteiger partial charge in [0.05, 0.1) is 0 Å². The molecule has 0 aromatic heterocycles. The van der Waals surface area contributed by atoms with Crippen LogP contribution in [0.2, 0.25) is 0 Å². The molecule has 1 heterocycles. The van der Waals surface area contributed by atoms with Crippen molar-refractivity contribution in [2.75, 3.05) is 26.2 Å². The van der Waals surface area contributed by atoms with Gasteiger partial charge in [0.15, 0.2) is 0 Å². The van der Waals surface area contributed by atoms with Crippen LogP contribution in [0.4, 0.5) is 4.79 Å². The Morgan fingerprint density at radius 2 is 2.04 bits per heavy atom. The summed E-state index contributed by atoms with van der Waals surface area (Å²) in [6, 6.07) is 7.15. The van der Waals surface area contributed by atoms with Gasteiger partial charge in [-0.25, -0.2) is 4.79 Å². The number of fused-ring (bicyclic) bond motifs is 2. The molecule has 134 valence electrons. The van der Waals surface area contributed by atoms with Crippen LogP contribution in [0.5, 0.6) is 0 Å². The number of hydrogen-bond acceptors (Lipinski definition) is 4. The van der Waals surface area contributed by atoms with Crippen molar-refractivity contribution < 1.29 is 14.4 Å². The second-order valence-corrected chi connectivity index (χ2v) is 6.48. The third-order valence-corrected chi connectivity index (χ3v) is 4.77. The topological polar surface area (TPSA) is 90.5 Å². The normalized spacial score (nSPS) is 21.6. The molecule has 1 spiro atoms. The lowest BCUT2D eigenvalue weighted by atomic mass is 9.92. The number of aryl methyl sites for hydroxylation is 1. The van der Waals surface area contributed by atoms with Crippen LogP contribution in [-0.4, -0.2) is 48.9 Å². The molecule has 1 atom stereocenters. The van der Waals surface area contributed by atoms with E-state index in [9.17, 15) is 14.4 Å². The highest BCUT2D eigenvalue weighted by atomic mass is 16.2. The molecule has 2 aliphatic rings. The zero-order valence-corrected chi connectivity index (χ0v) is 14.4. The lowest BCUT2D eigenvalue weighted by Crippen LogP contribution is -2.44. The van der Waals surface area contributed by atoms with Crippen molar-refractivity contribution in [1.82, 2.24) is 20.9 Å². The molecule has 7 nitrogen and oxygen atoms in total. The summed E-state index contributed by atoms with van der Waals surface area (Å²) in [4.78, 5) is 38.3. The molecule has 1 unspecified atom stereocenters. The van der Waals surface area contributed by atoms with E-state index in [1.807, 2.05) is 24.3 Å². The van der Waals surface area contributed by atoms with Crippen LogP contribution in [0.15, 0.2) is 24.3 Å². The van der Waals surface area contributed by atoms with Crippen molar-refractivity contribution in [2.24, 2.45) is 0 Å². The molecule has 25 heavy (non-hydrogen) atoms. The Hall–Kier alpha value is -2.41. The van der Waals surface area contributed by atoms with E-state index >= 15 is 0 Å². The summed E-state index contributed by atoms with van der Waals surface area (Å²) >= 11 is 0. The fourth-order valence-electron chi connectivity index (χ4n) is 3.52. The Kier molecular flexibility index (Phi) is 5.03. The van der Waals surface area contributed by atoms with E-state index in [4.69, 9.17) is 0 Å². The highest BCUT2D eigenvalue weighted by Crippen LogP contribution is 2.41. The molecule has 1 aromatic rings. The molecule has 3 N–H and O–H groups in total. The second kappa shape index (κ2) is 7.23. The molecule has 1 aliphatic carbocycles. The van der Waals surface area contributed by atoms with E-state index in [0.717, 1.165) is 35.4 Å². The van der Waals surface area contributed by atoms with Gasteiger partial charge in [0.25, 0.3) is 5.91 Å². The Balaban J connectivity index is 1.62. The molecule has 7 heteroatoms. The molecule has 0 radical (unpaired) electrons. The Morgan fingerprint density at radius 1 is 1.24 bits per heavy atom. The maximum Gasteiger partial charge on any atom is 0.325 e. The second-order valence-electron chi connectivity index (χ2n) is 6.48. The van der Waals surface area contributed by atoms with E-state index in [0.29, 0.717) is 19.5 Å². The zero-order valence-electron chi connectivity index (χ0n) is 14.4. The van der Waals surface area contributed by atoms with Gasteiger partial charge in [-0.05, 0) is 36.9 Å². The molecule has 3 rings (SSSR count). The number of carbonyl (C=O) groups excluding carboxylic acids is 3. The average Bonchev–Trinajstić information content (AvgIpc) is 3.09. The summed E-state index contributed by atoms with van der Waals surface area (Å²) in [5.74, 6) is -0.660. The van der Waals surface area contributed by atoms with Gasteiger partial charge in [0.1, 0.15) is 12.1 Å². The predicted octanol–water partition coefficient (Wildman–Crippen LogP) is 0.496. The lowest BCUT2D eigenvalue weighted by Gasteiger charge is -2.22. The Bertz CT molecular complexity index is 691. The van der Waals surface area contributed by atoms with Crippen LogP contribution < -0.4 is 16.0 Å². The van der Waals surface area contributed by atoms with Gasteiger partial charge >= 0.3 is 6.03 Å². The van der Waals surface area contributed by atoms with Crippen molar-refractivity contribution in [2.45, 2.75) is 31.7 Å². The zero-order chi connectivity index (χ0) is 17.9. The maximum atomic E-state index is 12.9. The summed E-state index contributed by atoms with van der Waals surface area (Å²) < 4.78 is 0. The molecule has 1 fully saturated rings. The van der Waals surface area contributed by atoms with Gasteiger partial charge in [-0.2, -0.15) is 0 Å². The van der Waals surface area contributed by atoms with Crippen LogP contribution in [0, 0.1) is 0 Å². The van der Waals surface area contributed by atoms with Crippen molar-refractivity contribution in [3.63, 3.8) is 0 Å². The first-order valence-electron chi connectivity index (χ1n) is 8.78. The van der Waals surface area contributed by atoms with Gasteiger partial charge in [-0.1, -0.05) is 31.2 Å².